The second-order valence-corrected chi connectivity index (χ2v) is 5.64. The molecular formula is C19H19N3O3. The van der Waals surface area contributed by atoms with Crippen LogP contribution in [-0.4, -0.2) is 31.5 Å². The van der Waals surface area contributed by atoms with E-state index < -0.39 is 11.9 Å². The van der Waals surface area contributed by atoms with Crippen molar-refractivity contribution in [2.24, 2.45) is 10.9 Å². The van der Waals surface area contributed by atoms with Gasteiger partial charge in [0, 0.05) is 5.69 Å². The van der Waals surface area contributed by atoms with Crippen LogP contribution in [0.4, 0.5) is 11.4 Å². The van der Waals surface area contributed by atoms with Crippen LogP contribution in [0.25, 0.3) is 0 Å². The highest BCUT2D eigenvalue weighted by Crippen LogP contribution is 2.24. The highest BCUT2D eigenvalue weighted by atomic mass is 16.5. The number of carbonyl (C=O) groups is 2. The van der Waals surface area contributed by atoms with E-state index in [1.807, 2.05) is 60.7 Å². The predicted molar refractivity (Wildman–Crippen MR) is 96.4 cm³/mol. The van der Waals surface area contributed by atoms with Crippen molar-refractivity contribution in [3.63, 3.8) is 0 Å². The number of nitrogens with zero attached hydrogens (tertiary/aromatic N) is 2. The van der Waals surface area contributed by atoms with E-state index in [4.69, 9.17) is 4.74 Å². The van der Waals surface area contributed by atoms with E-state index in [2.05, 4.69) is 10.3 Å². The van der Waals surface area contributed by atoms with E-state index in [1.54, 1.807) is 0 Å². The van der Waals surface area contributed by atoms with Crippen molar-refractivity contribution in [2.45, 2.75) is 6.42 Å². The third-order valence-electron chi connectivity index (χ3n) is 3.93. The number of amides is 1. The molecule has 1 amide bonds. The first-order valence-corrected chi connectivity index (χ1v) is 8.01. The van der Waals surface area contributed by atoms with Gasteiger partial charge in [0.05, 0.1) is 31.7 Å². The van der Waals surface area contributed by atoms with Crippen molar-refractivity contribution in [1.29, 1.82) is 0 Å². The second kappa shape index (κ2) is 7.61. The number of hydrogen-bond acceptors (Lipinski definition) is 5. The Balaban J connectivity index is 1.91. The minimum Gasteiger partial charge on any atom is -0.469 e. The molecule has 0 saturated heterocycles. The van der Waals surface area contributed by atoms with Gasteiger partial charge in [-0.2, -0.15) is 0 Å². The van der Waals surface area contributed by atoms with Gasteiger partial charge < -0.3 is 10.1 Å². The number of nitrogens with one attached hydrogen (secondary N) is 1. The van der Waals surface area contributed by atoms with E-state index in [0.717, 1.165) is 5.69 Å². The highest BCUT2D eigenvalue weighted by Gasteiger charge is 2.34. The van der Waals surface area contributed by atoms with Gasteiger partial charge >= 0.3 is 5.97 Å². The maximum atomic E-state index is 13.0. The summed E-state index contributed by atoms with van der Waals surface area (Å²) in [6, 6.07) is 18.8. The van der Waals surface area contributed by atoms with Crippen molar-refractivity contribution >= 4 is 29.2 Å². The number of carbonyl (C=O) groups excluding carboxylic acids is 2. The van der Waals surface area contributed by atoms with Gasteiger partial charge in [-0.1, -0.05) is 36.4 Å². The fourth-order valence-electron chi connectivity index (χ4n) is 2.64. The molecule has 1 atom stereocenters. The number of para-hydroxylation sites is 2. The summed E-state index contributed by atoms with van der Waals surface area (Å²) in [5, 5.41) is 3.19. The Bertz CT molecular complexity index is 775. The van der Waals surface area contributed by atoms with E-state index in [1.165, 1.54) is 12.0 Å². The van der Waals surface area contributed by atoms with Gasteiger partial charge in [-0.15, -0.1) is 0 Å². The van der Waals surface area contributed by atoms with Crippen molar-refractivity contribution in [3.05, 3.63) is 60.7 Å². The quantitative estimate of drug-likeness (QED) is 0.871. The molecule has 0 aliphatic carbocycles. The number of benzene rings is 2. The number of rotatable bonds is 4. The molecule has 1 aliphatic heterocycles. The topological polar surface area (TPSA) is 71.0 Å². The number of guanidine groups is 1. The molecule has 6 heteroatoms. The maximum Gasteiger partial charge on any atom is 0.306 e. The molecule has 1 unspecified atom stereocenters. The van der Waals surface area contributed by atoms with Crippen molar-refractivity contribution in [3.8, 4) is 0 Å². The van der Waals surface area contributed by atoms with Crippen LogP contribution in [0.3, 0.4) is 0 Å². The van der Waals surface area contributed by atoms with Crippen molar-refractivity contribution in [2.75, 3.05) is 23.9 Å². The third-order valence-corrected chi connectivity index (χ3v) is 3.93. The zero-order valence-corrected chi connectivity index (χ0v) is 13.9. The third kappa shape index (κ3) is 3.85. The van der Waals surface area contributed by atoms with Gasteiger partial charge in [-0.25, -0.2) is 0 Å². The highest BCUT2D eigenvalue weighted by molar-refractivity contribution is 6.22. The zero-order valence-electron chi connectivity index (χ0n) is 13.9. The van der Waals surface area contributed by atoms with Crippen LogP contribution in [0.15, 0.2) is 65.7 Å². The van der Waals surface area contributed by atoms with Crippen molar-refractivity contribution in [1.82, 2.24) is 0 Å². The Morgan fingerprint density at radius 1 is 1.16 bits per heavy atom. The van der Waals surface area contributed by atoms with Gasteiger partial charge in [-0.3, -0.25) is 19.5 Å². The molecule has 0 bridgehead atoms. The zero-order chi connectivity index (χ0) is 17.6. The van der Waals surface area contributed by atoms with E-state index in [0.29, 0.717) is 11.6 Å². The smallest absolute Gasteiger partial charge is 0.306 e. The number of methoxy groups -OCH3 is 1. The van der Waals surface area contributed by atoms with E-state index >= 15 is 0 Å². The van der Waals surface area contributed by atoms with Gasteiger partial charge in [0.25, 0.3) is 0 Å². The first-order chi connectivity index (χ1) is 12.2. The van der Waals surface area contributed by atoms with Gasteiger partial charge in [0.2, 0.25) is 11.9 Å². The fraction of sp³-hybridized carbons (Fsp3) is 0.211. The summed E-state index contributed by atoms with van der Waals surface area (Å²) in [5.41, 5.74) is 1.53. The molecule has 6 nitrogen and oxygen atoms in total. The molecule has 0 aromatic heterocycles. The van der Waals surface area contributed by atoms with Crippen LogP contribution in [-0.2, 0) is 14.3 Å². The van der Waals surface area contributed by atoms with Crippen LogP contribution in [0, 0.1) is 5.92 Å². The summed E-state index contributed by atoms with van der Waals surface area (Å²) in [6.07, 6.45) is 0.0147. The lowest BCUT2D eigenvalue weighted by molar-refractivity contribution is -0.143. The molecule has 2 aromatic rings. The van der Waals surface area contributed by atoms with Crippen LogP contribution in [0.5, 0.6) is 0 Å². The Hall–Kier alpha value is -3.15. The summed E-state index contributed by atoms with van der Waals surface area (Å²) < 4.78 is 4.69. The fourth-order valence-corrected chi connectivity index (χ4v) is 2.64. The summed E-state index contributed by atoms with van der Waals surface area (Å²) in [4.78, 5) is 30.6. The molecule has 1 aliphatic rings. The lowest BCUT2D eigenvalue weighted by Crippen LogP contribution is -2.49. The Labute approximate surface area is 146 Å². The Morgan fingerprint density at radius 2 is 1.80 bits per heavy atom. The van der Waals surface area contributed by atoms with Gasteiger partial charge in [0.1, 0.15) is 0 Å². The number of ether oxygens (including phenoxy) is 1. The lowest BCUT2D eigenvalue weighted by atomic mass is 10.0. The van der Waals surface area contributed by atoms with Crippen LogP contribution in [0.1, 0.15) is 6.42 Å². The first kappa shape index (κ1) is 16.7. The number of aliphatic imine (C=N–C) groups is 1. The Kier molecular flexibility index (Phi) is 5.09. The Morgan fingerprint density at radius 3 is 2.44 bits per heavy atom. The lowest BCUT2D eigenvalue weighted by Gasteiger charge is -2.32. The largest absolute Gasteiger partial charge is 0.469 e. The van der Waals surface area contributed by atoms with Crippen LogP contribution in [0.2, 0.25) is 0 Å². The average Bonchev–Trinajstić information content (AvgIpc) is 2.65. The maximum absolute atomic E-state index is 13.0. The molecule has 0 saturated carbocycles. The molecule has 0 fully saturated rings. The minimum atomic E-state index is -0.533. The standard InChI is InChI=1S/C19H19N3O3/c1-25-17(23)12-14-13-20-19(21-15-8-4-2-5-9-15)22(18(14)24)16-10-6-3-7-11-16/h2-11,14H,12-13H2,1H3,(H,20,21). The normalized spacial score (nSPS) is 17.0. The predicted octanol–water partition coefficient (Wildman–Crippen LogP) is 2.68. The molecule has 25 heavy (non-hydrogen) atoms. The second-order valence-electron chi connectivity index (χ2n) is 5.64. The summed E-state index contributed by atoms with van der Waals surface area (Å²) in [7, 11) is 1.32. The summed E-state index contributed by atoms with van der Waals surface area (Å²) in [6.45, 7) is 0.242. The number of hydrogen-bond donors (Lipinski definition) is 1. The SMILES string of the molecule is COC(=O)CC1CN=C(Nc2ccccc2)N(c2ccccc2)C1=O. The average molecular weight is 337 g/mol. The van der Waals surface area contributed by atoms with Gasteiger partial charge in [-0.05, 0) is 24.3 Å². The summed E-state index contributed by atoms with van der Waals surface area (Å²) >= 11 is 0. The molecule has 3 rings (SSSR count). The molecule has 1 heterocycles. The minimum absolute atomic E-state index is 0.0147. The van der Waals surface area contributed by atoms with E-state index in [-0.39, 0.29) is 18.9 Å². The van der Waals surface area contributed by atoms with Crippen LogP contribution >= 0.6 is 0 Å². The molecule has 0 spiro atoms. The molecule has 0 radical (unpaired) electrons. The monoisotopic (exact) mass is 337 g/mol. The van der Waals surface area contributed by atoms with Crippen molar-refractivity contribution < 1.29 is 14.3 Å². The first-order valence-electron chi connectivity index (χ1n) is 8.01. The molecular weight excluding hydrogens is 318 g/mol. The van der Waals surface area contributed by atoms with Gasteiger partial charge in [0.15, 0.2) is 0 Å². The van der Waals surface area contributed by atoms with E-state index in [9.17, 15) is 9.59 Å². The summed E-state index contributed by atoms with van der Waals surface area (Å²) in [5.74, 6) is -0.677. The molecule has 1 N–H and O–H groups in total. The molecule has 2 aromatic carbocycles. The number of esters is 1. The molecule has 128 valence electrons. The number of anilines is 2. The van der Waals surface area contributed by atoms with Crippen LogP contribution < -0.4 is 10.2 Å².